The van der Waals surface area contributed by atoms with E-state index in [-0.39, 0.29) is 0 Å². The molecule has 0 amide bonds. The highest BCUT2D eigenvalue weighted by Gasteiger charge is 2.51. The summed E-state index contributed by atoms with van der Waals surface area (Å²) < 4.78 is 5.66. The van der Waals surface area contributed by atoms with E-state index in [0.717, 1.165) is 39.1 Å². The largest absolute Gasteiger partial charge is 0.481 e. The SMILES string of the molecule is Cc1noc(-c2ccc(-c3ccc(C4(C(=O)O)CC4)cc3)cc2)c1CN(N)/C=C(\N)c1ccccc1. The summed E-state index contributed by atoms with van der Waals surface area (Å²) in [7, 11) is 0. The summed E-state index contributed by atoms with van der Waals surface area (Å²) in [6, 6.07) is 25.5. The quantitative estimate of drug-likeness (QED) is 0.238. The zero-order valence-electron chi connectivity index (χ0n) is 20.0. The van der Waals surface area contributed by atoms with Gasteiger partial charge in [0.05, 0.1) is 23.4 Å². The molecule has 5 rings (SSSR count). The van der Waals surface area contributed by atoms with Crippen molar-refractivity contribution in [1.29, 1.82) is 0 Å². The second-order valence-electron chi connectivity index (χ2n) is 9.24. The minimum atomic E-state index is -0.743. The third-order valence-corrected chi connectivity index (χ3v) is 6.81. The van der Waals surface area contributed by atoms with E-state index in [1.54, 1.807) is 6.20 Å². The number of nitrogens with two attached hydrogens (primary N) is 2. The highest BCUT2D eigenvalue weighted by molar-refractivity contribution is 5.85. The van der Waals surface area contributed by atoms with Crippen LogP contribution in [0.5, 0.6) is 0 Å². The van der Waals surface area contributed by atoms with Crippen molar-refractivity contribution >= 4 is 11.7 Å². The fourth-order valence-electron chi connectivity index (χ4n) is 4.46. The van der Waals surface area contributed by atoms with Gasteiger partial charge in [-0.25, -0.2) is 5.84 Å². The Kier molecular flexibility index (Phi) is 6.08. The average molecular weight is 481 g/mol. The molecule has 1 heterocycles. The Morgan fingerprint density at radius 2 is 1.58 bits per heavy atom. The van der Waals surface area contributed by atoms with Crippen LogP contribution in [0.15, 0.2) is 89.6 Å². The second-order valence-corrected chi connectivity index (χ2v) is 9.24. The third-order valence-electron chi connectivity index (χ3n) is 6.81. The normalized spacial score (nSPS) is 14.4. The summed E-state index contributed by atoms with van der Waals surface area (Å²) in [5, 5.41) is 15.2. The number of hydrogen-bond acceptors (Lipinski definition) is 6. The van der Waals surface area contributed by atoms with E-state index in [0.29, 0.717) is 30.8 Å². The summed E-state index contributed by atoms with van der Waals surface area (Å²) in [4.78, 5) is 11.6. The van der Waals surface area contributed by atoms with Crippen molar-refractivity contribution < 1.29 is 14.4 Å². The van der Waals surface area contributed by atoms with Crippen molar-refractivity contribution in [3.63, 3.8) is 0 Å². The Morgan fingerprint density at radius 3 is 2.17 bits per heavy atom. The van der Waals surface area contributed by atoms with Gasteiger partial charge in [-0.2, -0.15) is 0 Å². The Balaban J connectivity index is 1.33. The summed E-state index contributed by atoms with van der Waals surface area (Å²) in [6.07, 6.45) is 3.10. The number of carboxylic acids is 1. The molecule has 1 saturated carbocycles. The van der Waals surface area contributed by atoms with E-state index in [1.807, 2.05) is 85.8 Å². The van der Waals surface area contributed by atoms with E-state index >= 15 is 0 Å². The zero-order valence-corrected chi connectivity index (χ0v) is 20.0. The zero-order chi connectivity index (χ0) is 25.3. The molecule has 1 aliphatic rings. The maximum atomic E-state index is 11.6. The first-order valence-corrected chi connectivity index (χ1v) is 11.8. The number of benzene rings is 3. The molecule has 1 fully saturated rings. The maximum absolute atomic E-state index is 11.6. The van der Waals surface area contributed by atoms with Crippen LogP contribution in [0.1, 0.15) is 35.2 Å². The average Bonchev–Trinajstić information content (AvgIpc) is 3.64. The first-order valence-electron chi connectivity index (χ1n) is 11.8. The van der Waals surface area contributed by atoms with E-state index in [9.17, 15) is 9.90 Å². The lowest BCUT2D eigenvalue weighted by Crippen LogP contribution is -2.26. The van der Waals surface area contributed by atoms with Crippen LogP contribution in [0.3, 0.4) is 0 Å². The van der Waals surface area contributed by atoms with E-state index in [1.165, 1.54) is 5.01 Å². The smallest absolute Gasteiger partial charge is 0.314 e. The summed E-state index contributed by atoms with van der Waals surface area (Å²) in [5.74, 6) is 6.17. The van der Waals surface area contributed by atoms with Gasteiger partial charge in [0.15, 0.2) is 5.76 Å². The van der Waals surface area contributed by atoms with Gasteiger partial charge in [-0.3, -0.25) is 4.79 Å². The minimum absolute atomic E-state index is 0.382. The number of aromatic nitrogens is 1. The second kappa shape index (κ2) is 9.36. The monoisotopic (exact) mass is 480 g/mol. The molecule has 0 unspecified atom stereocenters. The lowest BCUT2D eigenvalue weighted by atomic mass is 9.93. The molecule has 0 saturated heterocycles. The molecule has 7 nitrogen and oxygen atoms in total. The van der Waals surface area contributed by atoms with Crippen LogP contribution in [-0.2, 0) is 16.8 Å². The summed E-state index contributed by atoms with van der Waals surface area (Å²) in [5.41, 5.74) is 12.4. The van der Waals surface area contributed by atoms with Crippen molar-refractivity contribution in [1.82, 2.24) is 10.2 Å². The first-order chi connectivity index (χ1) is 17.4. The van der Waals surface area contributed by atoms with Gasteiger partial charge in [-0.15, -0.1) is 0 Å². The van der Waals surface area contributed by atoms with Gasteiger partial charge in [0.2, 0.25) is 0 Å². The van der Waals surface area contributed by atoms with Crippen molar-refractivity contribution in [3.05, 3.63) is 107 Å². The van der Waals surface area contributed by atoms with Crippen LogP contribution in [0, 0.1) is 6.92 Å². The van der Waals surface area contributed by atoms with E-state index in [4.69, 9.17) is 16.1 Å². The van der Waals surface area contributed by atoms with E-state index < -0.39 is 11.4 Å². The highest BCUT2D eigenvalue weighted by atomic mass is 16.5. The summed E-state index contributed by atoms with van der Waals surface area (Å²) in [6.45, 7) is 2.27. The molecule has 0 aliphatic heterocycles. The van der Waals surface area contributed by atoms with Crippen LogP contribution in [0.2, 0.25) is 0 Å². The predicted molar refractivity (Wildman–Crippen MR) is 139 cm³/mol. The minimum Gasteiger partial charge on any atom is -0.481 e. The van der Waals surface area contributed by atoms with E-state index in [2.05, 4.69) is 5.16 Å². The van der Waals surface area contributed by atoms with Gasteiger partial charge in [0.25, 0.3) is 0 Å². The Morgan fingerprint density at radius 1 is 1.00 bits per heavy atom. The Labute approximate surface area is 209 Å². The number of aryl methyl sites for hydroxylation is 1. The topological polar surface area (TPSA) is 119 Å². The third kappa shape index (κ3) is 4.48. The van der Waals surface area contributed by atoms with Crippen LogP contribution in [0.25, 0.3) is 28.1 Å². The lowest BCUT2D eigenvalue weighted by molar-refractivity contribution is -0.140. The Bertz CT molecular complexity index is 1400. The van der Waals surface area contributed by atoms with Crippen LogP contribution in [-0.4, -0.2) is 21.2 Å². The van der Waals surface area contributed by atoms with Gasteiger partial charge in [-0.05, 0) is 42.0 Å². The van der Waals surface area contributed by atoms with Gasteiger partial charge in [0.1, 0.15) is 0 Å². The number of hydrazine groups is 1. The van der Waals surface area contributed by atoms with Crippen molar-refractivity contribution in [2.75, 3.05) is 0 Å². The molecule has 0 atom stereocenters. The van der Waals surface area contributed by atoms with Gasteiger partial charge in [0, 0.05) is 17.3 Å². The highest BCUT2D eigenvalue weighted by Crippen LogP contribution is 2.48. The number of carbonyl (C=O) groups is 1. The number of aliphatic carboxylic acids is 1. The van der Waals surface area contributed by atoms with Crippen molar-refractivity contribution in [2.24, 2.45) is 11.6 Å². The first kappa shape index (κ1) is 23.4. The van der Waals surface area contributed by atoms with Crippen molar-refractivity contribution in [2.45, 2.75) is 31.7 Å². The number of nitrogens with zero attached hydrogens (tertiary/aromatic N) is 2. The van der Waals surface area contributed by atoms with Crippen LogP contribution < -0.4 is 11.6 Å². The fourth-order valence-corrected chi connectivity index (χ4v) is 4.46. The molecule has 5 N–H and O–H groups in total. The standard InChI is InChI=1S/C29H28N4O3/c1-19-25(17-33(31)18-26(30)22-5-3-2-4-6-22)27(36-32-19)23-9-7-20(8-10-23)21-11-13-24(14-12-21)29(15-16-29)28(34)35/h2-14,18H,15-17,30-31H2,1H3,(H,34,35)/b26-18-. The fraction of sp³-hybridized carbons (Fsp3) is 0.172. The molecular weight excluding hydrogens is 452 g/mol. The number of hydrogen-bond donors (Lipinski definition) is 3. The van der Waals surface area contributed by atoms with Crippen LogP contribution in [0.4, 0.5) is 0 Å². The maximum Gasteiger partial charge on any atom is 0.314 e. The lowest BCUT2D eigenvalue weighted by Gasteiger charge is -2.15. The molecule has 3 aromatic carbocycles. The molecule has 0 bridgehead atoms. The molecule has 0 radical (unpaired) electrons. The number of carboxylic acid groups (broad SMARTS) is 1. The molecule has 1 aromatic heterocycles. The molecule has 36 heavy (non-hydrogen) atoms. The summed E-state index contributed by atoms with van der Waals surface area (Å²) >= 11 is 0. The van der Waals surface area contributed by atoms with Crippen LogP contribution >= 0.6 is 0 Å². The van der Waals surface area contributed by atoms with Gasteiger partial charge in [-0.1, -0.05) is 84.0 Å². The molecule has 182 valence electrons. The Hall–Kier alpha value is -4.36. The molecule has 0 spiro atoms. The molecular formula is C29H28N4O3. The van der Waals surface area contributed by atoms with Gasteiger partial charge >= 0.3 is 5.97 Å². The predicted octanol–water partition coefficient (Wildman–Crippen LogP) is 5.07. The van der Waals surface area contributed by atoms with Gasteiger partial charge < -0.3 is 20.4 Å². The molecule has 4 aromatic rings. The van der Waals surface area contributed by atoms with Crippen molar-refractivity contribution in [3.8, 4) is 22.5 Å². The molecule has 7 heteroatoms. The number of rotatable bonds is 8. The molecule has 1 aliphatic carbocycles.